The minimum Gasteiger partial charge on any atom is -0.457 e. The van der Waals surface area contributed by atoms with Crippen LogP contribution >= 0.6 is 0 Å². The molecule has 0 aromatic heterocycles. The van der Waals surface area contributed by atoms with Crippen LogP contribution in [0, 0.1) is 36.2 Å². The van der Waals surface area contributed by atoms with E-state index in [0.29, 0.717) is 75.0 Å². The normalized spacial score (nSPS) is 11.2. The van der Waals surface area contributed by atoms with Crippen LogP contribution in [0.3, 0.4) is 0 Å². The van der Waals surface area contributed by atoms with Crippen molar-refractivity contribution in [3.63, 3.8) is 0 Å². The first kappa shape index (κ1) is 53.6. The number of rotatable bonds is 18. The Morgan fingerprint density at radius 2 is 0.895 bits per heavy atom. The summed E-state index contributed by atoms with van der Waals surface area (Å²) in [7, 11) is -5.84. The van der Waals surface area contributed by atoms with E-state index in [0.717, 1.165) is 16.6 Å². The van der Waals surface area contributed by atoms with Crippen LogP contribution in [-0.2, 0) is 40.2 Å². The predicted molar refractivity (Wildman–Crippen MR) is 285 cm³/mol. The van der Waals surface area contributed by atoms with Crippen molar-refractivity contribution in [2.24, 2.45) is 0 Å². The van der Waals surface area contributed by atoms with Crippen LogP contribution in [-0.4, -0.2) is 58.9 Å². The Bertz CT molecular complexity index is 3410. The highest BCUT2D eigenvalue weighted by Crippen LogP contribution is 2.28. The van der Waals surface area contributed by atoms with Crippen molar-refractivity contribution in [2.75, 3.05) is 0 Å². The first-order chi connectivity index (χ1) is 36.9. The number of aryl methyl sites for hydroxylation is 1. The summed E-state index contributed by atoms with van der Waals surface area (Å²) in [5.41, 5.74) is 5.67. The minimum absolute atomic E-state index is 0.160. The number of nitrogens with zero attached hydrogens (tertiary/aromatic N) is 3. The summed E-state index contributed by atoms with van der Waals surface area (Å²) >= 11 is 0. The standard InChI is InChI=1S/C42H35B3N2O10.C14H10BNO3/c1-28-2-8-34(9-3-28)53-37-14-17-40(31(20-37)25-48)43(51)56-45(42-19-16-39(22-33(42)27-50)55-36-12-6-30(24-47)7-13-36)57-44(52)41-18-15-38(21-32(41)26-49)54-35-10-4-29(23-46)5-11-35;1-16-11-2-4-12(5-3-11)19-13-6-7-14-10(8-13)9-18-15(14)17/h2-22,48-52H,25-27H2,1H3;2-8,17H,9H2. The smallest absolute Gasteiger partial charge is 0.457 e. The molecule has 374 valence electrons. The summed E-state index contributed by atoms with van der Waals surface area (Å²) in [6, 6.07) is 50.8. The second-order valence-electron chi connectivity index (χ2n) is 17.0. The fourth-order valence-corrected chi connectivity index (χ4v) is 7.82. The fourth-order valence-electron chi connectivity index (χ4n) is 7.82. The molecule has 0 unspecified atom stereocenters. The van der Waals surface area contributed by atoms with Crippen LogP contribution in [0.1, 0.15) is 38.9 Å². The average molecular weight is 1010 g/mol. The van der Waals surface area contributed by atoms with Gasteiger partial charge in [-0.15, -0.1) is 0 Å². The maximum atomic E-state index is 11.5. The zero-order valence-corrected chi connectivity index (χ0v) is 40.7. The van der Waals surface area contributed by atoms with E-state index >= 15 is 0 Å². The Balaban J connectivity index is 0.000000335. The molecule has 1 aliphatic rings. The third-order valence-corrected chi connectivity index (χ3v) is 11.8. The van der Waals surface area contributed by atoms with Crippen LogP contribution in [0.25, 0.3) is 4.85 Å². The maximum absolute atomic E-state index is 11.5. The number of benzene rings is 8. The highest BCUT2D eigenvalue weighted by Gasteiger charge is 2.36. The van der Waals surface area contributed by atoms with Crippen molar-refractivity contribution in [2.45, 2.75) is 33.4 Å². The largest absolute Gasteiger partial charge is 0.491 e. The van der Waals surface area contributed by atoms with E-state index in [1.54, 1.807) is 115 Å². The summed E-state index contributed by atoms with van der Waals surface area (Å²) in [6.07, 6.45) is 0. The molecule has 0 radical (unpaired) electrons. The van der Waals surface area contributed by atoms with Gasteiger partial charge in [-0.2, -0.15) is 10.5 Å². The van der Waals surface area contributed by atoms with Gasteiger partial charge in [0.2, 0.25) is 0 Å². The molecular weight excluding hydrogens is 966 g/mol. The molecule has 1 aliphatic heterocycles. The molecule has 8 aromatic rings. The van der Waals surface area contributed by atoms with E-state index < -0.39 is 48.3 Å². The summed E-state index contributed by atoms with van der Waals surface area (Å²) in [5.74, 6) is 3.91. The molecule has 0 fully saturated rings. The van der Waals surface area contributed by atoms with E-state index in [1.807, 2.05) is 49.4 Å². The van der Waals surface area contributed by atoms with Crippen LogP contribution in [0.2, 0.25) is 0 Å². The highest BCUT2D eigenvalue weighted by molar-refractivity contribution is 6.79. The van der Waals surface area contributed by atoms with Crippen molar-refractivity contribution >= 4 is 56.0 Å². The van der Waals surface area contributed by atoms with Crippen molar-refractivity contribution in [1.82, 2.24) is 0 Å². The zero-order valence-electron chi connectivity index (χ0n) is 40.7. The molecule has 0 saturated heterocycles. The Morgan fingerprint density at radius 3 is 1.32 bits per heavy atom. The summed E-state index contributed by atoms with van der Waals surface area (Å²) in [5, 5.41) is 81.8. The Labute approximate surface area is 439 Å². The first-order valence-corrected chi connectivity index (χ1v) is 23.5. The lowest BCUT2D eigenvalue weighted by Crippen LogP contribution is -2.53. The maximum Gasteiger partial charge on any atom is 0.491 e. The quantitative estimate of drug-likeness (QED) is 0.0406. The van der Waals surface area contributed by atoms with Gasteiger partial charge in [-0.25, -0.2) is 4.85 Å². The lowest BCUT2D eigenvalue weighted by atomic mass is 9.65. The molecular formula is C56H45B4N3O13. The second-order valence-corrected chi connectivity index (χ2v) is 17.0. The Morgan fingerprint density at radius 1 is 0.526 bits per heavy atom. The third-order valence-electron chi connectivity index (χ3n) is 11.8. The van der Waals surface area contributed by atoms with Crippen molar-refractivity contribution in [3.05, 3.63) is 220 Å². The Kier molecular flexibility index (Phi) is 18.0. The molecule has 0 spiro atoms. The number of hydrogen-bond donors (Lipinski definition) is 6. The van der Waals surface area contributed by atoms with E-state index in [-0.39, 0.29) is 27.5 Å². The SMILES string of the molecule is Cc1ccc(Oc2ccc(B(O)OB(OB(O)c3ccc(Oc4ccc(C#N)cc4)cc3CO)c3ccc(Oc4ccc(C#N)cc4)cc3CO)c(CO)c2)cc1.[C-]#[N+]c1ccc(Oc2ccc3c(c2)COB3O)cc1. The number of nitriles is 2. The van der Waals surface area contributed by atoms with Crippen LogP contribution in [0.4, 0.5) is 5.69 Å². The average Bonchev–Trinajstić information content (AvgIpc) is 3.83. The summed E-state index contributed by atoms with van der Waals surface area (Å²) in [6.45, 7) is 7.73. The minimum atomic E-state index is -1.74. The lowest BCUT2D eigenvalue weighted by molar-refractivity contribution is 0.275. The molecule has 76 heavy (non-hydrogen) atoms. The predicted octanol–water partition coefficient (Wildman–Crippen LogP) is 6.34. The highest BCUT2D eigenvalue weighted by atomic mass is 16.6. The molecule has 0 aliphatic carbocycles. The van der Waals surface area contributed by atoms with Crippen molar-refractivity contribution < 1.29 is 63.1 Å². The molecule has 0 saturated carbocycles. The summed E-state index contributed by atoms with van der Waals surface area (Å²) in [4.78, 5) is 3.32. The summed E-state index contributed by atoms with van der Waals surface area (Å²) < 4.78 is 40.8. The van der Waals surface area contributed by atoms with Gasteiger partial charge in [-0.1, -0.05) is 54.1 Å². The molecule has 6 N–H and O–H groups in total. The van der Waals surface area contributed by atoms with Crippen LogP contribution < -0.4 is 40.8 Å². The number of hydrogen-bond acceptors (Lipinski definition) is 15. The topological polar surface area (TPSA) is 238 Å². The lowest BCUT2D eigenvalue weighted by Gasteiger charge is -2.23. The van der Waals surface area contributed by atoms with Gasteiger partial charge in [0, 0.05) is 0 Å². The molecule has 8 aromatic carbocycles. The molecule has 1 heterocycles. The van der Waals surface area contributed by atoms with Gasteiger partial charge in [-0.3, -0.25) is 0 Å². The van der Waals surface area contributed by atoms with Crippen LogP contribution in [0.15, 0.2) is 170 Å². The number of fused-ring (bicyclic) bond motifs is 1. The molecule has 0 amide bonds. The number of ether oxygens (including phenoxy) is 4. The second kappa shape index (κ2) is 25.5. The molecule has 0 atom stereocenters. The third kappa shape index (κ3) is 13.7. The van der Waals surface area contributed by atoms with Crippen molar-refractivity contribution in [3.8, 4) is 58.1 Å². The molecule has 9 rings (SSSR count). The molecule has 0 bridgehead atoms. The van der Waals surface area contributed by atoms with Gasteiger partial charge >= 0.3 is 28.5 Å². The van der Waals surface area contributed by atoms with E-state index in [1.165, 1.54) is 24.3 Å². The number of aliphatic hydroxyl groups excluding tert-OH is 3. The van der Waals surface area contributed by atoms with Gasteiger partial charge in [0.15, 0.2) is 5.69 Å². The number of aliphatic hydroxyl groups is 3. The van der Waals surface area contributed by atoms with Gasteiger partial charge in [-0.05, 0) is 172 Å². The first-order valence-electron chi connectivity index (χ1n) is 23.5. The zero-order chi connectivity index (χ0) is 53.6. The van der Waals surface area contributed by atoms with Gasteiger partial charge in [0.1, 0.15) is 46.0 Å². The molecule has 16 nitrogen and oxygen atoms in total. The fraction of sp³-hybridized carbons (Fsp3) is 0.0893. The van der Waals surface area contributed by atoms with Gasteiger partial charge in [0.05, 0.1) is 56.3 Å². The van der Waals surface area contributed by atoms with Crippen molar-refractivity contribution in [1.29, 1.82) is 10.5 Å². The van der Waals surface area contributed by atoms with E-state index in [4.69, 9.17) is 49.8 Å². The van der Waals surface area contributed by atoms with E-state index in [2.05, 4.69) is 4.85 Å². The molecule has 20 heteroatoms. The van der Waals surface area contributed by atoms with Crippen LogP contribution in [0.5, 0.6) is 46.0 Å². The van der Waals surface area contributed by atoms with Gasteiger partial charge in [0.25, 0.3) is 0 Å². The van der Waals surface area contributed by atoms with E-state index in [9.17, 15) is 30.4 Å². The van der Waals surface area contributed by atoms with Gasteiger partial charge < -0.3 is 63.1 Å². The monoisotopic (exact) mass is 1010 g/mol. The Hall–Kier alpha value is -8.67.